The molecule has 1 aliphatic heterocycles. The summed E-state index contributed by atoms with van der Waals surface area (Å²) in [5.74, 6) is 0.544. The number of nitrogens with one attached hydrogen (secondary N) is 1. The molecule has 0 radical (unpaired) electrons. The number of hydrogen-bond donors (Lipinski definition) is 1. The van der Waals surface area contributed by atoms with Gasteiger partial charge in [0.1, 0.15) is 5.60 Å². The maximum atomic E-state index is 11.8. The molecule has 0 aliphatic carbocycles. The summed E-state index contributed by atoms with van der Waals surface area (Å²) in [6, 6.07) is 8.70. The van der Waals surface area contributed by atoms with Gasteiger partial charge in [0.2, 0.25) is 0 Å². The summed E-state index contributed by atoms with van der Waals surface area (Å²) in [6.07, 6.45) is 3.62. The van der Waals surface area contributed by atoms with E-state index in [0.717, 1.165) is 19.5 Å². The molecule has 0 unspecified atom stereocenters. The minimum Gasteiger partial charge on any atom is -0.460 e. The van der Waals surface area contributed by atoms with E-state index in [2.05, 4.69) is 29.6 Å². The number of aryl methyl sites for hydroxylation is 1. The topological polar surface area (TPSA) is 38.3 Å². The second kappa shape index (κ2) is 7.08. The molecule has 2 rings (SSSR count). The molecular weight excluding hydrogens is 262 g/mol. The highest BCUT2D eigenvalue weighted by molar-refractivity contribution is 5.70. The first kappa shape index (κ1) is 16.0. The molecule has 1 saturated heterocycles. The number of carbonyl (C=O) groups is 1. The van der Waals surface area contributed by atoms with Crippen LogP contribution in [0.25, 0.3) is 0 Å². The third-order valence-electron chi connectivity index (χ3n) is 3.80. The fourth-order valence-electron chi connectivity index (χ4n) is 2.80. The van der Waals surface area contributed by atoms with Gasteiger partial charge in [-0.15, -0.1) is 0 Å². The predicted molar refractivity (Wildman–Crippen MR) is 85.5 cm³/mol. The number of ether oxygens (including phenoxy) is 1. The van der Waals surface area contributed by atoms with Gasteiger partial charge >= 0.3 is 5.97 Å². The molecule has 1 heterocycles. The van der Waals surface area contributed by atoms with Gasteiger partial charge < -0.3 is 10.1 Å². The Hall–Kier alpha value is -1.35. The Balaban J connectivity index is 1.90. The van der Waals surface area contributed by atoms with Crippen molar-refractivity contribution in [2.45, 2.75) is 58.0 Å². The van der Waals surface area contributed by atoms with Crippen molar-refractivity contribution in [3.8, 4) is 0 Å². The van der Waals surface area contributed by atoms with Crippen LogP contribution in [0.4, 0.5) is 0 Å². The standard InChI is InChI=1S/C18H27NO2/c1-18(2,3)21-17(20)8-7-14-5-4-6-16(13-14)15-9-11-19-12-10-15/h4-6,13,15,19H,7-12H2,1-3H3. The second-order valence-corrected chi connectivity index (χ2v) is 6.86. The van der Waals surface area contributed by atoms with Crippen molar-refractivity contribution in [3.63, 3.8) is 0 Å². The van der Waals surface area contributed by atoms with Crippen molar-refractivity contribution in [2.75, 3.05) is 13.1 Å². The van der Waals surface area contributed by atoms with E-state index in [9.17, 15) is 4.79 Å². The van der Waals surface area contributed by atoms with E-state index in [4.69, 9.17) is 4.74 Å². The Kier molecular flexibility index (Phi) is 5.40. The highest BCUT2D eigenvalue weighted by Gasteiger charge is 2.17. The molecule has 21 heavy (non-hydrogen) atoms. The van der Waals surface area contributed by atoms with E-state index in [-0.39, 0.29) is 5.97 Å². The quantitative estimate of drug-likeness (QED) is 0.863. The van der Waals surface area contributed by atoms with Gasteiger partial charge in [0.15, 0.2) is 0 Å². The van der Waals surface area contributed by atoms with Gasteiger partial charge in [0.05, 0.1) is 0 Å². The number of esters is 1. The summed E-state index contributed by atoms with van der Waals surface area (Å²) in [6.45, 7) is 7.92. The molecule has 3 nitrogen and oxygen atoms in total. The SMILES string of the molecule is CC(C)(C)OC(=O)CCc1cccc(C2CCNCC2)c1. The maximum absolute atomic E-state index is 11.8. The zero-order valence-electron chi connectivity index (χ0n) is 13.4. The first-order chi connectivity index (χ1) is 9.94. The number of piperidine rings is 1. The second-order valence-electron chi connectivity index (χ2n) is 6.86. The first-order valence-electron chi connectivity index (χ1n) is 7.95. The average Bonchev–Trinajstić information content (AvgIpc) is 2.45. The molecule has 1 fully saturated rings. The normalized spacial score (nSPS) is 16.7. The van der Waals surface area contributed by atoms with Gasteiger partial charge in [-0.3, -0.25) is 4.79 Å². The molecule has 0 aromatic heterocycles. The zero-order valence-corrected chi connectivity index (χ0v) is 13.4. The number of hydrogen-bond acceptors (Lipinski definition) is 3. The fourth-order valence-corrected chi connectivity index (χ4v) is 2.80. The van der Waals surface area contributed by atoms with Crippen LogP contribution in [0.3, 0.4) is 0 Å². The van der Waals surface area contributed by atoms with Crippen LogP contribution in [0, 0.1) is 0 Å². The van der Waals surface area contributed by atoms with Crippen LogP contribution < -0.4 is 5.32 Å². The summed E-state index contributed by atoms with van der Waals surface area (Å²) in [5, 5.41) is 3.40. The van der Waals surface area contributed by atoms with Crippen LogP contribution in [0.1, 0.15) is 57.1 Å². The summed E-state index contributed by atoms with van der Waals surface area (Å²) in [7, 11) is 0. The van der Waals surface area contributed by atoms with Gasteiger partial charge in [-0.1, -0.05) is 24.3 Å². The number of rotatable bonds is 4. The molecule has 0 saturated carbocycles. The lowest BCUT2D eigenvalue weighted by Crippen LogP contribution is -2.26. The largest absolute Gasteiger partial charge is 0.460 e. The zero-order chi connectivity index (χ0) is 15.3. The lowest BCUT2D eigenvalue weighted by molar-refractivity contribution is -0.154. The van der Waals surface area contributed by atoms with Crippen molar-refractivity contribution in [1.29, 1.82) is 0 Å². The first-order valence-corrected chi connectivity index (χ1v) is 7.95. The van der Waals surface area contributed by atoms with Crippen molar-refractivity contribution >= 4 is 5.97 Å². The van der Waals surface area contributed by atoms with E-state index in [1.807, 2.05) is 20.8 Å². The van der Waals surface area contributed by atoms with Crippen LogP contribution in [-0.4, -0.2) is 24.7 Å². The monoisotopic (exact) mass is 289 g/mol. The predicted octanol–water partition coefficient (Wildman–Crippen LogP) is 3.43. The third-order valence-corrected chi connectivity index (χ3v) is 3.80. The molecule has 1 aromatic carbocycles. The van der Waals surface area contributed by atoms with Crippen LogP contribution in [-0.2, 0) is 16.0 Å². The van der Waals surface area contributed by atoms with E-state index in [1.165, 1.54) is 24.0 Å². The average molecular weight is 289 g/mol. The smallest absolute Gasteiger partial charge is 0.306 e. The molecular formula is C18H27NO2. The highest BCUT2D eigenvalue weighted by atomic mass is 16.6. The lowest BCUT2D eigenvalue weighted by atomic mass is 9.89. The minimum atomic E-state index is -0.395. The number of benzene rings is 1. The van der Waals surface area contributed by atoms with Gasteiger partial charge in [0.25, 0.3) is 0 Å². The highest BCUT2D eigenvalue weighted by Crippen LogP contribution is 2.26. The molecule has 0 spiro atoms. The van der Waals surface area contributed by atoms with Gasteiger partial charge in [-0.2, -0.15) is 0 Å². The van der Waals surface area contributed by atoms with E-state index >= 15 is 0 Å². The molecule has 116 valence electrons. The summed E-state index contributed by atoms with van der Waals surface area (Å²) < 4.78 is 5.36. The molecule has 3 heteroatoms. The van der Waals surface area contributed by atoms with Crippen LogP contribution in [0.2, 0.25) is 0 Å². The van der Waals surface area contributed by atoms with Gasteiger partial charge in [-0.25, -0.2) is 0 Å². The van der Waals surface area contributed by atoms with E-state index in [1.54, 1.807) is 0 Å². The van der Waals surface area contributed by atoms with Gasteiger partial charge in [-0.05, 0) is 70.2 Å². The van der Waals surface area contributed by atoms with Crippen LogP contribution in [0.5, 0.6) is 0 Å². The Morgan fingerprint density at radius 1 is 1.29 bits per heavy atom. The maximum Gasteiger partial charge on any atom is 0.306 e. The van der Waals surface area contributed by atoms with Crippen molar-refractivity contribution in [1.82, 2.24) is 5.32 Å². The molecule has 1 N–H and O–H groups in total. The molecule has 1 aromatic rings. The van der Waals surface area contributed by atoms with Gasteiger partial charge in [0, 0.05) is 6.42 Å². The Bertz CT molecular complexity index is 470. The Morgan fingerprint density at radius 3 is 2.67 bits per heavy atom. The molecule has 1 aliphatic rings. The Morgan fingerprint density at radius 2 is 2.00 bits per heavy atom. The van der Waals surface area contributed by atoms with Crippen LogP contribution >= 0.6 is 0 Å². The van der Waals surface area contributed by atoms with E-state index < -0.39 is 5.60 Å². The number of carbonyl (C=O) groups excluding carboxylic acids is 1. The molecule has 0 atom stereocenters. The third kappa shape index (κ3) is 5.50. The molecule has 0 bridgehead atoms. The van der Waals surface area contributed by atoms with Crippen molar-refractivity contribution in [3.05, 3.63) is 35.4 Å². The fraction of sp³-hybridized carbons (Fsp3) is 0.611. The Labute approximate surface area is 128 Å². The molecule has 0 amide bonds. The van der Waals surface area contributed by atoms with Crippen molar-refractivity contribution < 1.29 is 9.53 Å². The lowest BCUT2D eigenvalue weighted by Gasteiger charge is -2.23. The van der Waals surface area contributed by atoms with Crippen LogP contribution in [0.15, 0.2) is 24.3 Å². The summed E-state index contributed by atoms with van der Waals surface area (Å²) in [5.41, 5.74) is 2.25. The summed E-state index contributed by atoms with van der Waals surface area (Å²) in [4.78, 5) is 11.8. The van der Waals surface area contributed by atoms with E-state index in [0.29, 0.717) is 12.3 Å². The van der Waals surface area contributed by atoms with Crippen molar-refractivity contribution in [2.24, 2.45) is 0 Å². The summed E-state index contributed by atoms with van der Waals surface area (Å²) >= 11 is 0. The minimum absolute atomic E-state index is 0.116.